The highest BCUT2D eigenvalue weighted by Crippen LogP contribution is 2.26. The lowest BCUT2D eigenvalue weighted by Gasteiger charge is -2.25. The minimum atomic E-state index is -0.682. The van der Waals surface area contributed by atoms with Gasteiger partial charge in [0.2, 0.25) is 11.8 Å². The topological polar surface area (TPSA) is 159 Å². The van der Waals surface area contributed by atoms with Crippen molar-refractivity contribution in [3.8, 4) is 0 Å². The predicted molar refractivity (Wildman–Crippen MR) is 155 cm³/mol. The van der Waals surface area contributed by atoms with Crippen LogP contribution < -0.4 is 16.0 Å². The molecule has 4 bridgehead atoms. The molecular formula is C28H29N7O5S2. The number of aromatic nitrogens is 3. The van der Waals surface area contributed by atoms with Crippen molar-refractivity contribution in [2.24, 2.45) is 5.92 Å². The van der Waals surface area contributed by atoms with Gasteiger partial charge in [0.25, 0.3) is 17.7 Å². The number of carbonyl (C=O) groups is 4. The van der Waals surface area contributed by atoms with E-state index in [4.69, 9.17) is 4.42 Å². The fourth-order valence-electron chi connectivity index (χ4n) is 4.40. The summed E-state index contributed by atoms with van der Waals surface area (Å²) in [6.07, 6.45) is 3.11. The Balaban J connectivity index is 1.47. The molecule has 4 amide bonds. The number of oxazole rings is 1. The highest BCUT2D eigenvalue weighted by atomic mass is 32.1. The number of thiazole rings is 1. The summed E-state index contributed by atoms with van der Waals surface area (Å²) < 4.78 is 9.65. The first-order chi connectivity index (χ1) is 20.3. The van der Waals surface area contributed by atoms with Crippen molar-refractivity contribution in [2.75, 3.05) is 19.6 Å². The standard InChI is InChI=1S/C28H29N7O5S2/c1-16(2)23-27-33-20(15-41-27)25(38)31-18(12-17-6-4-3-5-7-17)26-32-19(14-40-26)24(37)29-10-11-35(13-22(36)34-23)28(39)21-8-9-30-42-21/h3-9,14-16,18,23H,10-13H2,1-2H3,(H,29,37)(H,31,38)(H,34,36)/t18-,23-/m0/s1. The van der Waals surface area contributed by atoms with Crippen molar-refractivity contribution in [2.45, 2.75) is 32.4 Å². The third kappa shape index (κ3) is 6.89. The maximum atomic E-state index is 13.3. The second kappa shape index (κ2) is 13.0. The van der Waals surface area contributed by atoms with Crippen molar-refractivity contribution in [3.05, 3.63) is 87.0 Å². The van der Waals surface area contributed by atoms with Gasteiger partial charge in [-0.25, -0.2) is 14.3 Å². The van der Waals surface area contributed by atoms with E-state index in [1.165, 1.54) is 28.7 Å². The SMILES string of the molecule is CC(C)[C@@H]1NC(=O)CN(C(=O)c2ccns2)CCNC(=O)c2coc(n2)[C@H](Cc2ccccc2)NC(=O)c2csc1n2. The van der Waals surface area contributed by atoms with Crippen LogP contribution in [0.3, 0.4) is 0 Å². The summed E-state index contributed by atoms with van der Waals surface area (Å²) >= 11 is 2.29. The van der Waals surface area contributed by atoms with Crippen molar-refractivity contribution in [3.63, 3.8) is 0 Å². The van der Waals surface area contributed by atoms with Gasteiger partial charge in [0, 0.05) is 31.1 Å². The van der Waals surface area contributed by atoms with Crippen LogP contribution >= 0.6 is 22.9 Å². The van der Waals surface area contributed by atoms with Crippen LogP contribution in [-0.2, 0) is 11.2 Å². The highest BCUT2D eigenvalue weighted by Gasteiger charge is 2.28. The molecule has 0 saturated carbocycles. The summed E-state index contributed by atoms with van der Waals surface area (Å²) in [5.74, 6) is -1.62. The zero-order chi connectivity index (χ0) is 29.6. The Morgan fingerprint density at radius 3 is 2.62 bits per heavy atom. The van der Waals surface area contributed by atoms with E-state index in [1.807, 2.05) is 44.2 Å². The quantitative estimate of drug-likeness (QED) is 0.319. The third-order valence-corrected chi connectivity index (χ3v) is 8.24. The maximum absolute atomic E-state index is 13.3. The normalized spacial score (nSPS) is 18.5. The molecule has 12 nitrogen and oxygen atoms in total. The number of nitrogens with zero attached hydrogens (tertiary/aromatic N) is 4. The van der Waals surface area contributed by atoms with Gasteiger partial charge in [0.15, 0.2) is 5.69 Å². The van der Waals surface area contributed by atoms with E-state index in [-0.39, 0.29) is 48.7 Å². The number of fused-ring (bicyclic) bond motifs is 4. The van der Waals surface area contributed by atoms with Gasteiger partial charge in [0.05, 0.1) is 12.6 Å². The Morgan fingerprint density at radius 2 is 1.88 bits per heavy atom. The van der Waals surface area contributed by atoms with E-state index in [2.05, 4.69) is 30.3 Å². The summed E-state index contributed by atoms with van der Waals surface area (Å²) in [6, 6.07) is 9.93. The zero-order valence-corrected chi connectivity index (χ0v) is 24.5. The molecule has 0 fully saturated rings. The first-order valence-electron chi connectivity index (χ1n) is 13.3. The van der Waals surface area contributed by atoms with Gasteiger partial charge >= 0.3 is 0 Å². The van der Waals surface area contributed by atoms with E-state index >= 15 is 0 Å². The number of hydrogen-bond acceptors (Lipinski definition) is 10. The van der Waals surface area contributed by atoms with Gasteiger partial charge in [-0.15, -0.1) is 11.3 Å². The van der Waals surface area contributed by atoms with Gasteiger partial charge in [-0.2, -0.15) is 0 Å². The fraction of sp³-hybridized carbons (Fsp3) is 0.321. The van der Waals surface area contributed by atoms with Crippen LogP contribution in [0.15, 0.2) is 58.7 Å². The second-order valence-corrected chi connectivity index (χ2v) is 11.7. The van der Waals surface area contributed by atoms with E-state index in [9.17, 15) is 19.2 Å². The number of hydrogen-bond donors (Lipinski definition) is 3. The van der Waals surface area contributed by atoms with Crippen LogP contribution in [0.4, 0.5) is 0 Å². The molecule has 4 heterocycles. The van der Waals surface area contributed by atoms with Gasteiger partial charge in [-0.05, 0) is 29.1 Å². The number of nitrogens with one attached hydrogen (secondary N) is 3. The smallest absolute Gasteiger partial charge is 0.273 e. The summed E-state index contributed by atoms with van der Waals surface area (Å²) in [5, 5.41) is 10.8. The number of amides is 4. The molecule has 0 aliphatic carbocycles. The first kappa shape index (κ1) is 29.1. The van der Waals surface area contributed by atoms with E-state index in [0.29, 0.717) is 16.3 Å². The molecule has 4 aromatic rings. The zero-order valence-electron chi connectivity index (χ0n) is 22.9. The number of carbonyl (C=O) groups excluding carboxylic acids is 4. The van der Waals surface area contributed by atoms with Gasteiger partial charge in [0.1, 0.15) is 27.9 Å². The number of rotatable bonds is 4. The molecule has 218 valence electrons. The van der Waals surface area contributed by atoms with Crippen LogP contribution in [0.5, 0.6) is 0 Å². The van der Waals surface area contributed by atoms with E-state index in [0.717, 1.165) is 17.1 Å². The molecule has 0 saturated heterocycles. The first-order valence-corrected chi connectivity index (χ1v) is 15.0. The van der Waals surface area contributed by atoms with E-state index < -0.39 is 29.8 Å². The minimum absolute atomic E-state index is 0.0206. The van der Waals surface area contributed by atoms with Crippen LogP contribution in [0.25, 0.3) is 0 Å². The molecule has 0 spiro atoms. The van der Waals surface area contributed by atoms with Gasteiger partial charge in [-0.1, -0.05) is 44.2 Å². The largest absolute Gasteiger partial charge is 0.446 e. The lowest BCUT2D eigenvalue weighted by molar-refractivity contribution is -0.122. The number of benzene rings is 1. The van der Waals surface area contributed by atoms with Crippen LogP contribution in [-0.4, -0.2) is 62.5 Å². The van der Waals surface area contributed by atoms with Crippen LogP contribution in [0, 0.1) is 5.92 Å². The molecule has 14 heteroatoms. The molecule has 5 rings (SSSR count). The Hall–Kier alpha value is -4.43. The Kier molecular flexibility index (Phi) is 9.03. The summed E-state index contributed by atoms with van der Waals surface area (Å²) in [4.78, 5) is 63.3. The maximum Gasteiger partial charge on any atom is 0.273 e. The Bertz CT molecular complexity index is 1550. The second-order valence-electron chi connectivity index (χ2n) is 10.0. The summed E-state index contributed by atoms with van der Waals surface area (Å²) in [6.45, 7) is 3.76. The molecule has 1 aromatic carbocycles. The molecular weight excluding hydrogens is 578 g/mol. The molecule has 0 unspecified atom stereocenters. The molecule has 1 aliphatic rings. The minimum Gasteiger partial charge on any atom is -0.446 e. The summed E-state index contributed by atoms with van der Waals surface area (Å²) in [7, 11) is 0. The Labute approximate surface area is 249 Å². The monoisotopic (exact) mass is 607 g/mol. The fourth-order valence-corrected chi connectivity index (χ4v) is 5.99. The highest BCUT2D eigenvalue weighted by molar-refractivity contribution is 7.10. The van der Waals surface area contributed by atoms with Gasteiger partial charge in [-0.3, -0.25) is 19.2 Å². The molecule has 42 heavy (non-hydrogen) atoms. The van der Waals surface area contributed by atoms with Crippen LogP contribution in [0.2, 0.25) is 0 Å². The molecule has 3 N–H and O–H groups in total. The lowest BCUT2D eigenvalue weighted by atomic mass is 10.0. The molecule has 1 aliphatic heterocycles. The summed E-state index contributed by atoms with van der Waals surface area (Å²) in [5.41, 5.74) is 1.13. The average molecular weight is 608 g/mol. The molecule has 0 radical (unpaired) electrons. The Morgan fingerprint density at radius 1 is 1.07 bits per heavy atom. The van der Waals surface area contributed by atoms with Crippen LogP contribution in [0.1, 0.15) is 73.0 Å². The third-order valence-electron chi connectivity index (χ3n) is 6.58. The lowest BCUT2D eigenvalue weighted by Crippen LogP contribution is -2.45. The molecule has 2 atom stereocenters. The van der Waals surface area contributed by atoms with Crippen molar-refractivity contribution in [1.29, 1.82) is 0 Å². The van der Waals surface area contributed by atoms with Crippen molar-refractivity contribution >= 4 is 46.5 Å². The predicted octanol–water partition coefficient (Wildman–Crippen LogP) is 3.00. The van der Waals surface area contributed by atoms with Gasteiger partial charge < -0.3 is 25.3 Å². The van der Waals surface area contributed by atoms with Crippen molar-refractivity contribution in [1.82, 2.24) is 35.2 Å². The average Bonchev–Trinajstić information content (AvgIpc) is 3.77. The van der Waals surface area contributed by atoms with Crippen molar-refractivity contribution < 1.29 is 23.6 Å². The molecule has 3 aromatic heterocycles. The van der Waals surface area contributed by atoms with E-state index in [1.54, 1.807) is 11.4 Å².